The third kappa shape index (κ3) is 7.41. The normalized spacial score (nSPS) is 25.1. The van der Waals surface area contributed by atoms with E-state index in [4.69, 9.17) is 0 Å². The lowest BCUT2D eigenvalue weighted by Crippen LogP contribution is -2.59. The molecule has 2 N–H and O–H groups in total. The van der Waals surface area contributed by atoms with Crippen LogP contribution in [-0.2, 0) is 24.0 Å². The van der Waals surface area contributed by atoms with Gasteiger partial charge in [0, 0.05) is 19.4 Å². The van der Waals surface area contributed by atoms with Crippen molar-refractivity contribution in [2.24, 2.45) is 28.6 Å². The summed E-state index contributed by atoms with van der Waals surface area (Å²) < 4.78 is 0. The Hall–Kier alpha value is -2.51. The molecular formula is C32H51N3O5. The number of amides is 3. The van der Waals surface area contributed by atoms with E-state index in [1.807, 2.05) is 6.92 Å². The number of fused-ring (bicyclic) bond motifs is 1. The maximum absolute atomic E-state index is 14.1. The van der Waals surface area contributed by atoms with Crippen LogP contribution in [0.2, 0.25) is 0 Å². The molecule has 0 radical (unpaired) electrons. The molecule has 2 aliphatic carbocycles. The van der Waals surface area contributed by atoms with Gasteiger partial charge in [-0.3, -0.25) is 24.0 Å². The summed E-state index contributed by atoms with van der Waals surface area (Å²) in [7, 11) is 0. The summed E-state index contributed by atoms with van der Waals surface area (Å²) in [4.78, 5) is 68.0. The van der Waals surface area contributed by atoms with E-state index in [0.29, 0.717) is 32.2 Å². The van der Waals surface area contributed by atoms with Gasteiger partial charge >= 0.3 is 0 Å². The molecule has 0 aromatic heterocycles. The lowest BCUT2D eigenvalue weighted by Gasteiger charge is -2.35. The summed E-state index contributed by atoms with van der Waals surface area (Å²) in [6.07, 6.45) is 7.92. The second-order valence-electron chi connectivity index (χ2n) is 14.0. The highest BCUT2D eigenvalue weighted by atomic mass is 16.2. The van der Waals surface area contributed by atoms with Crippen LogP contribution in [0.15, 0.2) is 12.7 Å². The number of piperidine rings is 1. The number of ketones is 2. The number of nitrogens with zero attached hydrogens (tertiary/aromatic N) is 1. The molecule has 0 bridgehead atoms. The number of rotatable bonds is 14. The smallest absolute Gasteiger partial charge is 0.246 e. The van der Waals surface area contributed by atoms with Crippen molar-refractivity contribution in [2.75, 3.05) is 6.54 Å². The molecule has 0 aromatic rings. The Morgan fingerprint density at radius 1 is 1.05 bits per heavy atom. The molecule has 3 fully saturated rings. The SMILES string of the molecule is C=CCCC(=O)C(=O)C(CCC)NC(=O)C1C2C(CN1C(=O)C(NC(=O)CCC(C)(C)C)C1CCCC1)C2(C)C. The van der Waals surface area contributed by atoms with Crippen LogP contribution < -0.4 is 10.6 Å². The first-order valence-electron chi connectivity index (χ1n) is 15.3. The Labute approximate surface area is 240 Å². The van der Waals surface area contributed by atoms with Crippen LogP contribution in [0.5, 0.6) is 0 Å². The van der Waals surface area contributed by atoms with Crippen LogP contribution in [-0.4, -0.2) is 58.9 Å². The number of allylic oxidation sites excluding steroid dienone is 1. The fourth-order valence-electron chi connectivity index (χ4n) is 6.76. The van der Waals surface area contributed by atoms with Crippen LogP contribution >= 0.6 is 0 Å². The van der Waals surface area contributed by atoms with Crippen molar-refractivity contribution in [1.82, 2.24) is 15.5 Å². The molecule has 1 heterocycles. The molecule has 3 rings (SSSR count). The van der Waals surface area contributed by atoms with E-state index in [1.54, 1.807) is 11.0 Å². The molecule has 0 spiro atoms. The highest BCUT2D eigenvalue weighted by molar-refractivity contribution is 6.39. The third-order valence-corrected chi connectivity index (χ3v) is 9.38. The Balaban J connectivity index is 1.80. The van der Waals surface area contributed by atoms with Gasteiger partial charge in [0.1, 0.15) is 12.1 Å². The molecule has 8 nitrogen and oxygen atoms in total. The number of carbonyl (C=O) groups excluding carboxylic acids is 5. The Kier molecular flexibility index (Phi) is 10.4. The summed E-state index contributed by atoms with van der Waals surface area (Å²) in [6.45, 7) is 16.5. The zero-order valence-electron chi connectivity index (χ0n) is 25.5. The lowest BCUT2D eigenvalue weighted by atomic mass is 9.90. The van der Waals surface area contributed by atoms with E-state index in [2.05, 4.69) is 51.8 Å². The van der Waals surface area contributed by atoms with E-state index >= 15 is 0 Å². The van der Waals surface area contributed by atoms with E-state index in [9.17, 15) is 24.0 Å². The van der Waals surface area contributed by atoms with Gasteiger partial charge in [0.15, 0.2) is 0 Å². The highest BCUT2D eigenvalue weighted by Gasteiger charge is 2.69. The van der Waals surface area contributed by atoms with Crippen LogP contribution in [0, 0.1) is 28.6 Å². The summed E-state index contributed by atoms with van der Waals surface area (Å²) in [5, 5.41) is 5.93. The first kappa shape index (κ1) is 32.0. The number of likely N-dealkylation sites (tertiary alicyclic amines) is 1. The minimum Gasteiger partial charge on any atom is -0.344 e. The van der Waals surface area contributed by atoms with E-state index in [1.165, 1.54) is 0 Å². The minimum absolute atomic E-state index is 0.00866. The Morgan fingerprint density at radius 2 is 1.70 bits per heavy atom. The second kappa shape index (κ2) is 13.0. The third-order valence-electron chi connectivity index (χ3n) is 9.38. The van der Waals surface area contributed by atoms with E-state index < -0.39 is 29.7 Å². The lowest BCUT2D eigenvalue weighted by molar-refractivity contribution is -0.145. The number of carbonyl (C=O) groups is 5. The molecule has 5 atom stereocenters. The Bertz CT molecular complexity index is 991. The van der Waals surface area contributed by atoms with Crippen molar-refractivity contribution in [3.8, 4) is 0 Å². The maximum atomic E-state index is 14.1. The summed E-state index contributed by atoms with van der Waals surface area (Å²) in [5.74, 6) is -1.59. The van der Waals surface area contributed by atoms with Crippen LogP contribution in [0.25, 0.3) is 0 Å². The monoisotopic (exact) mass is 557 g/mol. The fourth-order valence-corrected chi connectivity index (χ4v) is 6.76. The molecule has 3 amide bonds. The van der Waals surface area contributed by atoms with Crippen LogP contribution in [0.3, 0.4) is 0 Å². The van der Waals surface area contributed by atoms with Crippen LogP contribution in [0.4, 0.5) is 0 Å². The average molecular weight is 558 g/mol. The summed E-state index contributed by atoms with van der Waals surface area (Å²) in [6, 6.07) is -2.28. The van der Waals surface area contributed by atoms with Gasteiger partial charge in [0.2, 0.25) is 29.3 Å². The quantitative estimate of drug-likeness (QED) is 0.243. The van der Waals surface area contributed by atoms with Crippen molar-refractivity contribution in [3.05, 3.63) is 12.7 Å². The second-order valence-corrected chi connectivity index (χ2v) is 14.0. The average Bonchev–Trinajstić information content (AvgIpc) is 3.34. The van der Waals surface area contributed by atoms with Crippen molar-refractivity contribution in [3.63, 3.8) is 0 Å². The molecular weight excluding hydrogens is 506 g/mol. The number of hydrogen-bond donors (Lipinski definition) is 2. The van der Waals surface area contributed by atoms with Gasteiger partial charge in [0.25, 0.3) is 0 Å². The molecule has 2 saturated carbocycles. The molecule has 0 aromatic carbocycles. The largest absolute Gasteiger partial charge is 0.344 e. The summed E-state index contributed by atoms with van der Waals surface area (Å²) in [5.41, 5.74) is -0.0869. The molecule has 3 aliphatic rings. The molecule has 1 aliphatic heterocycles. The molecule has 40 heavy (non-hydrogen) atoms. The first-order chi connectivity index (χ1) is 18.7. The fraction of sp³-hybridized carbons (Fsp3) is 0.781. The van der Waals surface area contributed by atoms with Gasteiger partial charge in [0.05, 0.1) is 6.04 Å². The van der Waals surface area contributed by atoms with Gasteiger partial charge in [-0.15, -0.1) is 6.58 Å². The predicted octanol–water partition coefficient (Wildman–Crippen LogP) is 4.36. The van der Waals surface area contributed by atoms with Gasteiger partial charge < -0.3 is 15.5 Å². The topological polar surface area (TPSA) is 113 Å². The molecule has 8 heteroatoms. The molecule has 1 saturated heterocycles. The van der Waals surface area contributed by atoms with Gasteiger partial charge in [-0.2, -0.15) is 0 Å². The Morgan fingerprint density at radius 3 is 2.27 bits per heavy atom. The zero-order chi connectivity index (χ0) is 29.8. The molecule has 5 unspecified atom stereocenters. The number of hydrogen-bond acceptors (Lipinski definition) is 5. The van der Waals surface area contributed by atoms with E-state index in [0.717, 1.165) is 32.1 Å². The summed E-state index contributed by atoms with van der Waals surface area (Å²) >= 11 is 0. The minimum atomic E-state index is -0.907. The standard InChI is InChI=1S/C32H51N3O5/c1-8-10-16-23(36)28(38)22(13-9-2)33-29(39)27-25-21(32(25,6)7)19-35(27)30(40)26(20-14-11-12-15-20)34-24(37)17-18-31(3,4)5/h8,20-22,25-27H,1,9-19H2,2-7H3,(H,33,39)(H,34,37). The van der Waals surface area contributed by atoms with Crippen molar-refractivity contribution >= 4 is 29.3 Å². The zero-order valence-corrected chi connectivity index (χ0v) is 25.5. The van der Waals surface area contributed by atoms with Crippen molar-refractivity contribution in [2.45, 2.75) is 124 Å². The predicted molar refractivity (Wildman–Crippen MR) is 155 cm³/mol. The number of Topliss-reactive ketones (excluding diaryl/α,β-unsaturated/α-hetero) is 2. The van der Waals surface area contributed by atoms with E-state index in [-0.39, 0.29) is 52.7 Å². The first-order valence-corrected chi connectivity index (χ1v) is 15.3. The van der Waals surface area contributed by atoms with Gasteiger partial charge in [-0.1, -0.05) is 66.9 Å². The van der Waals surface area contributed by atoms with Crippen molar-refractivity contribution < 1.29 is 24.0 Å². The van der Waals surface area contributed by atoms with Gasteiger partial charge in [-0.05, 0) is 60.7 Å². The van der Waals surface area contributed by atoms with Gasteiger partial charge in [-0.25, -0.2) is 0 Å². The highest BCUT2D eigenvalue weighted by Crippen LogP contribution is 2.65. The number of nitrogens with one attached hydrogen (secondary N) is 2. The maximum Gasteiger partial charge on any atom is 0.246 e. The van der Waals surface area contributed by atoms with Crippen LogP contribution in [0.1, 0.15) is 106 Å². The molecule has 224 valence electrons. The van der Waals surface area contributed by atoms with Crippen molar-refractivity contribution in [1.29, 1.82) is 0 Å².